The highest BCUT2D eigenvalue weighted by Crippen LogP contribution is 2.20. The molecule has 1 amide bonds. The van der Waals surface area contributed by atoms with Crippen molar-refractivity contribution in [2.24, 2.45) is 5.92 Å². The van der Waals surface area contributed by atoms with Crippen molar-refractivity contribution in [3.63, 3.8) is 0 Å². The number of nitrogens with zero attached hydrogens (tertiary/aromatic N) is 2. The van der Waals surface area contributed by atoms with E-state index >= 15 is 0 Å². The summed E-state index contributed by atoms with van der Waals surface area (Å²) in [6, 6.07) is 0. The number of piperidine rings is 1. The zero-order chi connectivity index (χ0) is 14.5. The second-order valence-electron chi connectivity index (χ2n) is 4.92. The number of aromatic nitrogens is 2. The van der Waals surface area contributed by atoms with Gasteiger partial charge >= 0.3 is 5.97 Å². The van der Waals surface area contributed by atoms with E-state index in [4.69, 9.17) is 9.26 Å². The molecule has 0 bridgehead atoms. The van der Waals surface area contributed by atoms with Crippen LogP contribution in [0.5, 0.6) is 0 Å². The number of amides is 1. The van der Waals surface area contributed by atoms with Crippen LogP contribution in [0.1, 0.15) is 50.9 Å². The van der Waals surface area contributed by atoms with Crippen molar-refractivity contribution in [3.05, 3.63) is 11.7 Å². The van der Waals surface area contributed by atoms with Crippen LogP contribution in [0.15, 0.2) is 4.52 Å². The van der Waals surface area contributed by atoms with Gasteiger partial charge in [0.1, 0.15) is 0 Å². The fourth-order valence-corrected chi connectivity index (χ4v) is 2.01. The summed E-state index contributed by atoms with van der Waals surface area (Å²) >= 11 is 0. The van der Waals surface area contributed by atoms with E-state index in [1.165, 1.54) is 0 Å². The molecule has 0 aliphatic carbocycles. The van der Waals surface area contributed by atoms with E-state index in [0.717, 1.165) is 12.8 Å². The van der Waals surface area contributed by atoms with Crippen LogP contribution in [-0.2, 0) is 20.7 Å². The third kappa shape index (κ3) is 3.55. The van der Waals surface area contributed by atoms with Crippen LogP contribution >= 0.6 is 0 Å². The van der Waals surface area contributed by atoms with Crippen molar-refractivity contribution < 1.29 is 18.8 Å². The lowest BCUT2D eigenvalue weighted by molar-refractivity contribution is -0.155. The molecular formula is C13H19N3O4. The molecule has 0 spiro atoms. The number of carbonyl (C=O) groups excluding carboxylic acids is 2. The van der Waals surface area contributed by atoms with Crippen molar-refractivity contribution in [2.45, 2.75) is 45.6 Å². The average Bonchev–Trinajstić information content (AvgIpc) is 2.88. The van der Waals surface area contributed by atoms with Crippen LogP contribution in [0.2, 0.25) is 0 Å². The SMILES string of the molecule is CCCc1noc(C(C)OC(=O)C2CCC(=O)NC2)n1. The van der Waals surface area contributed by atoms with Crippen LogP contribution in [0.4, 0.5) is 0 Å². The van der Waals surface area contributed by atoms with Gasteiger partial charge in [0.15, 0.2) is 11.9 Å². The molecule has 1 fully saturated rings. The molecule has 1 aromatic rings. The minimum atomic E-state index is -0.571. The number of carbonyl (C=O) groups is 2. The first-order valence-corrected chi connectivity index (χ1v) is 6.89. The molecule has 1 aromatic heterocycles. The fourth-order valence-electron chi connectivity index (χ4n) is 2.01. The first kappa shape index (κ1) is 14.5. The van der Waals surface area contributed by atoms with Crippen molar-refractivity contribution in [3.8, 4) is 0 Å². The van der Waals surface area contributed by atoms with Crippen LogP contribution in [-0.4, -0.2) is 28.6 Å². The summed E-state index contributed by atoms with van der Waals surface area (Å²) in [6.45, 7) is 4.05. The van der Waals surface area contributed by atoms with Gasteiger partial charge in [-0.05, 0) is 19.8 Å². The van der Waals surface area contributed by atoms with E-state index in [9.17, 15) is 9.59 Å². The van der Waals surface area contributed by atoms with Crippen LogP contribution in [0.3, 0.4) is 0 Å². The van der Waals surface area contributed by atoms with E-state index in [0.29, 0.717) is 31.1 Å². The van der Waals surface area contributed by atoms with Gasteiger partial charge in [0.05, 0.1) is 5.92 Å². The number of aryl methyl sites for hydroxylation is 1. The number of ether oxygens (including phenoxy) is 1. The van der Waals surface area contributed by atoms with Gasteiger partial charge in [-0.25, -0.2) is 0 Å². The number of esters is 1. The summed E-state index contributed by atoms with van der Waals surface area (Å²) in [5, 5.41) is 6.48. The van der Waals surface area contributed by atoms with E-state index in [-0.39, 0.29) is 17.8 Å². The highest BCUT2D eigenvalue weighted by atomic mass is 16.6. The van der Waals surface area contributed by atoms with E-state index in [1.54, 1.807) is 6.92 Å². The van der Waals surface area contributed by atoms with Crippen LogP contribution < -0.4 is 5.32 Å². The molecule has 2 heterocycles. The number of hydrogen-bond donors (Lipinski definition) is 1. The number of hydrogen-bond acceptors (Lipinski definition) is 6. The van der Waals surface area contributed by atoms with Crippen molar-refractivity contribution >= 4 is 11.9 Å². The molecule has 0 saturated carbocycles. The lowest BCUT2D eigenvalue weighted by Crippen LogP contribution is -2.39. The number of nitrogens with one attached hydrogen (secondary N) is 1. The molecule has 1 N–H and O–H groups in total. The molecule has 7 heteroatoms. The molecule has 0 aromatic carbocycles. The van der Waals surface area contributed by atoms with Gasteiger partial charge in [0.25, 0.3) is 5.89 Å². The Morgan fingerprint density at radius 3 is 3.05 bits per heavy atom. The predicted molar refractivity (Wildman–Crippen MR) is 68.5 cm³/mol. The summed E-state index contributed by atoms with van der Waals surface area (Å²) in [4.78, 5) is 27.2. The smallest absolute Gasteiger partial charge is 0.311 e. The zero-order valence-corrected chi connectivity index (χ0v) is 11.7. The Morgan fingerprint density at radius 2 is 2.40 bits per heavy atom. The predicted octanol–water partition coefficient (Wildman–Crippen LogP) is 1.15. The average molecular weight is 281 g/mol. The third-order valence-corrected chi connectivity index (χ3v) is 3.20. The maximum Gasteiger partial charge on any atom is 0.311 e. The van der Waals surface area contributed by atoms with Crippen molar-refractivity contribution in [2.75, 3.05) is 6.54 Å². The highest BCUT2D eigenvalue weighted by molar-refractivity contribution is 5.81. The standard InChI is InChI=1S/C13H19N3O4/c1-3-4-10-15-12(20-16-10)8(2)19-13(18)9-5-6-11(17)14-7-9/h8-9H,3-7H2,1-2H3,(H,14,17). The van der Waals surface area contributed by atoms with Gasteiger partial charge in [-0.15, -0.1) is 0 Å². The molecule has 1 aliphatic rings. The third-order valence-electron chi connectivity index (χ3n) is 3.20. The summed E-state index contributed by atoms with van der Waals surface area (Å²) in [6.07, 6.45) is 1.96. The summed E-state index contributed by atoms with van der Waals surface area (Å²) < 4.78 is 10.4. The van der Waals surface area contributed by atoms with Gasteiger partial charge < -0.3 is 14.6 Å². The molecule has 20 heavy (non-hydrogen) atoms. The zero-order valence-electron chi connectivity index (χ0n) is 11.7. The van der Waals surface area contributed by atoms with Gasteiger partial charge in [-0.3, -0.25) is 9.59 Å². The molecule has 2 unspecified atom stereocenters. The maximum atomic E-state index is 12.0. The monoisotopic (exact) mass is 281 g/mol. The quantitative estimate of drug-likeness (QED) is 0.814. The largest absolute Gasteiger partial charge is 0.452 e. The molecule has 1 aliphatic heterocycles. The molecule has 2 atom stereocenters. The lowest BCUT2D eigenvalue weighted by atomic mass is 9.99. The second-order valence-corrected chi connectivity index (χ2v) is 4.92. The normalized spacial score (nSPS) is 20.3. The second kappa shape index (κ2) is 6.49. The Morgan fingerprint density at radius 1 is 1.60 bits per heavy atom. The van der Waals surface area contributed by atoms with Crippen LogP contribution in [0, 0.1) is 5.92 Å². The van der Waals surface area contributed by atoms with Gasteiger partial charge in [0, 0.05) is 19.4 Å². The minimum Gasteiger partial charge on any atom is -0.452 e. The van der Waals surface area contributed by atoms with E-state index in [1.807, 2.05) is 6.92 Å². The maximum absolute atomic E-state index is 12.0. The number of rotatable bonds is 5. The molecule has 110 valence electrons. The summed E-state index contributed by atoms with van der Waals surface area (Å²) in [5.74, 6) is 0.265. The minimum absolute atomic E-state index is 0.0248. The summed E-state index contributed by atoms with van der Waals surface area (Å²) in [5.41, 5.74) is 0. The van der Waals surface area contributed by atoms with Gasteiger partial charge in [-0.2, -0.15) is 4.98 Å². The Balaban J connectivity index is 1.88. The summed E-state index contributed by atoms with van der Waals surface area (Å²) in [7, 11) is 0. The van der Waals surface area contributed by atoms with Gasteiger partial charge in [0.2, 0.25) is 5.91 Å². The van der Waals surface area contributed by atoms with E-state index in [2.05, 4.69) is 15.5 Å². The lowest BCUT2D eigenvalue weighted by Gasteiger charge is -2.21. The van der Waals surface area contributed by atoms with Crippen molar-refractivity contribution in [1.29, 1.82) is 0 Å². The van der Waals surface area contributed by atoms with E-state index < -0.39 is 6.10 Å². The molecule has 1 saturated heterocycles. The Labute approximate surface area is 117 Å². The topological polar surface area (TPSA) is 94.3 Å². The van der Waals surface area contributed by atoms with Gasteiger partial charge in [-0.1, -0.05) is 12.1 Å². The first-order chi connectivity index (χ1) is 9.60. The Hall–Kier alpha value is -1.92. The molecule has 7 nitrogen and oxygen atoms in total. The molecular weight excluding hydrogens is 262 g/mol. The molecule has 0 radical (unpaired) electrons. The fraction of sp³-hybridized carbons (Fsp3) is 0.692. The Kier molecular flexibility index (Phi) is 4.70. The molecule has 2 rings (SSSR count). The van der Waals surface area contributed by atoms with Crippen molar-refractivity contribution in [1.82, 2.24) is 15.5 Å². The Bertz CT molecular complexity index is 476. The van der Waals surface area contributed by atoms with Crippen LogP contribution in [0.25, 0.3) is 0 Å². The first-order valence-electron chi connectivity index (χ1n) is 6.89. The highest BCUT2D eigenvalue weighted by Gasteiger charge is 2.28.